The highest BCUT2D eigenvalue weighted by molar-refractivity contribution is 5.44. The van der Waals surface area contributed by atoms with E-state index in [9.17, 15) is 5.11 Å². The van der Waals surface area contributed by atoms with Crippen LogP contribution in [0.3, 0.4) is 0 Å². The molecule has 2 heterocycles. The van der Waals surface area contributed by atoms with Crippen molar-refractivity contribution >= 4 is 0 Å². The van der Waals surface area contributed by atoms with Crippen LogP contribution < -0.4 is 14.8 Å². The first-order valence-electron chi connectivity index (χ1n) is 7.66. The van der Waals surface area contributed by atoms with Crippen LogP contribution in [-0.2, 0) is 6.42 Å². The number of piperazine rings is 1. The minimum absolute atomic E-state index is 0.154. The molecule has 0 bridgehead atoms. The van der Waals surface area contributed by atoms with E-state index in [4.69, 9.17) is 9.47 Å². The lowest BCUT2D eigenvalue weighted by molar-refractivity contribution is 0.0278. The molecule has 2 aliphatic heterocycles. The van der Waals surface area contributed by atoms with E-state index in [2.05, 4.69) is 29.3 Å². The van der Waals surface area contributed by atoms with E-state index >= 15 is 0 Å². The molecule has 3 rings (SSSR count). The summed E-state index contributed by atoms with van der Waals surface area (Å²) in [4.78, 5) is 2.40. The first-order chi connectivity index (χ1) is 10.2. The van der Waals surface area contributed by atoms with Crippen LogP contribution in [0.4, 0.5) is 0 Å². The van der Waals surface area contributed by atoms with Crippen molar-refractivity contribution in [2.75, 3.05) is 39.6 Å². The minimum Gasteiger partial charge on any atom is -0.454 e. The molecule has 0 amide bonds. The highest BCUT2D eigenvalue weighted by atomic mass is 16.7. The van der Waals surface area contributed by atoms with Gasteiger partial charge in [0.2, 0.25) is 6.79 Å². The summed E-state index contributed by atoms with van der Waals surface area (Å²) in [7, 11) is 0. The molecule has 116 valence electrons. The molecule has 1 saturated heterocycles. The number of hydrogen-bond acceptors (Lipinski definition) is 5. The molecule has 1 aromatic rings. The van der Waals surface area contributed by atoms with Crippen molar-refractivity contribution in [1.82, 2.24) is 10.2 Å². The molecule has 0 aromatic heterocycles. The van der Waals surface area contributed by atoms with Crippen LogP contribution in [0.15, 0.2) is 18.2 Å². The van der Waals surface area contributed by atoms with E-state index < -0.39 is 0 Å². The van der Waals surface area contributed by atoms with Gasteiger partial charge in [-0.2, -0.15) is 0 Å². The van der Waals surface area contributed by atoms with Crippen molar-refractivity contribution in [2.24, 2.45) is 0 Å². The Kier molecular flexibility index (Phi) is 4.33. The number of nitrogens with zero attached hydrogens (tertiary/aromatic N) is 1. The fraction of sp³-hybridized carbons (Fsp3) is 0.625. The van der Waals surface area contributed by atoms with Crippen molar-refractivity contribution in [3.63, 3.8) is 0 Å². The molecule has 2 N–H and O–H groups in total. The third-order valence-corrected chi connectivity index (χ3v) is 4.61. The second-order valence-electron chi connectivity index (χ2n) is 6.08. The van der Waals surface area contributed by atoms with Crippen LogP contribution in [0.1, 0.15) is 18.9 Å². The topological polar surface area (TPSA) is 54.0 Å². The molecule has 1 aromatic carbocycles. The van der Waals surface area contributed by atoms with Crippen LogP contribution in [-0.4, -0.2) is 55.1 Å². The first kappa shape index (κ1) is 14.6. The van der Waals surface area contributed by atoms with E-state index in [1.165, 1.54) is 5.56 Å². The van der Waals surface area contributed by atoms with Gasteiger partial charge in [0.25, 0.3) is 0 Å². The Morgan fingerprint density at radius 1 is 1.24 bits per heavy atom. The van der Waals surface area contributed by atoms with E-state index in [1.54, 1.807) is 0 Å². The maximum atomic E-state index is 9.86. The molecule has 1 unspecified atom stereocenters. The Balaban J connectivity index is 1.64. The van der Waals surface area contributed by atoms with Crippen LogP contribution in [0, 0.1) is 0 Å². The molecule has 0 spiro atoms. The Morgan fingerprint density at radius 3 is 2.76 bits per heavy atom. The minimum atomic E-state index is -0.154. The Hall–Kier alpha value is -1.30. The first-order valence-corrected chi connectivity index (χ1v) is 7.66. The fourth-order valence-corrected chi connectivity index (χ4v) is 3.05. The standard InChI is InChI=1S/C16H24N2O3/c1-16(11-19,18-8-6-17-7-9-18)5-4-13-2-3-14-15(10-13)21-12-20-14/h2-3,10,17,19H,4-9,11-12H2,1H3. The summed E-state index contributed by atoms with van der Waals surface area (Å²) < 4.78 is 10.8. The maximum Gasteiger partial charge on any atom is 0.231 e. The van der Waals surface area contributed by atoms with Gasteiger partial charge in [-0.15, -0.1) is 0 Å². The van der Waals surface area contributed by atoms with Gasteiger partial charge in [0.15, 0.2) is 11.5 Å². The predicted octanol–water partition coefficient (Wildman–Crippen LogP) is 1.00. The number of aliphatic hydroxyl groups is 1. The van der Waals surface area contributed by atoms with Crippen molar-refractivity contribution in [3.05, 3.63) is 23.8 Å². The number of benzene rings is 1. The van der Waals surface area contributed by atoms with E-state index in [0.29, 0.717) is 6.79 Å². The third-order valence-electron chi connectivity index (χ3n) is 4.61. The zero-order valence-corrected chi connectivity index (χ0v) is 12.6. The van der Waals surface area contributed by atoms with Crippen LogP contribution >= 0.6 is 0 Å². The van der Waals surface area contributed by atoms with E-state index in [-0.39, 0.29) is 12.1 Å². The molecule has 0 aliphatic carbocycles. The second kappa shape index (κ2) is 6.22. The average Bonchev–Trinajstić information content (AvgIpc) is 3.01. The smallest absolute Gasteiger partial charge is 0.231 e. The summed E-state index contributed by atoms with van der Waals surface area (Å²) >= 11 is 0. The molecular weight excluding hydrogens is 268 g/mol. The SMILES string of the molecule is CC(CO)(CCc1ccc2c(c1)OCO2)N1CCNCC1. The Labute approximate surface area is 125 Å². The number of aliphatic hydroxyl groups excluding tert-OH is 1. The number of aryl methyl sites for hydroxylation is 1. The largest absolute Gasteiger partial charge is 0.454 e. The molecule has 5 heteroatoms. The zero-order chi connectivity index (χ0) is 14.7. The van der Waals surface area contributed by atoms with Crippen LogP contribution in [0.5, 0.6) is 11.5 Å². The molecular formula is C16H24N2O3. The highest BCUT2D eigenvalue weighted by Gasteiger charge is 2.31. The summed E-state index contributed by atoms with van der Waals surface area (Å²) in [6, 6.07) is 6.11. The molecule has 1 atom stereocenters. The van der Waals surface area contributed by atoms with Crippen LogP contribution in [0.2, 0.25) is 0 Å². The number of hydrogen-bond donors (Lipinski definition) is 2. The lowest BCUT2D eigenvalue weighted by Gasteiger charge is -2.42. The molecule has 1 fully saturated rings. The summed E-state index contributed by atoms with van der Waals surface area (Å²) in [5, 5.41) is 13.2. The van der Waals surface area contributed by atoms with Crippen LogP contribution in [0.25, 0.3) is 0 Å². The molecule has 5 nitrogen and oxygen atoms in total. The number of fused-ring (bicyclic) bond motifs is 1. The monoisotopic (exact) mass is 292 g/mol. The van der Waals surface area contributed by atoms with E-state index in [1.807, 2.05) is 6.07 Å². The van der Waals surface area contributed by atoms with Crippen molar-refractivity contribution in [2.45, 2.75) is 25.3 Å². The quantitative estimate of drug-likeness (QED) is 0.848. The van der Waals surface area contributed by atoms with Gasteiger partial charge in [-0.05, 0) is 37.5 Å². The average molecular weight is 292 g/mol. The highest BCUT2D eigenvalue weighted by Crippen LogP contribution is 2.33. The lowest BCUT2D eigenvalue weighted by Crippen LogP contribution is -2.56. The summed E-state index contributed by atoms with van der Waals surface area (Å²) in [5.41, 5.74) is 1.08. The number of nitrogens with one attached hydrogen (secondary N) is 1. The predicted molar refractivity (Wildman–Crippen MR) is 80.8 cm³/mol. The van der Waals surface area contributed by atoms with Crippen molar-refractivity contribution in [1.29, 1.82) is 0 Å². The Morgan fingerprint density at radius 2 is 2.00 bits per heavy atom. The third kappa shape index (κ3) is 3.15. The van der Waals surface area contributed by atoms with Gasteiger partial charge in [-0.3, -0.25) is 4.90 Å². The van der Waals surface area contributed by atoms with Gasteiger partial charge in [0.05, 0.1) is 6.61 Å². The summed E-state index contributed by atoms with van der Waals surface area (Å²) in [6.07, 6.45) is 1.86. The van der Waals surface area contributed by atoms with E-state index in [0.717, 1.165) is 50.5 Å². The molecule has 0 radical (unpaired) electrons. The lowest BCUT2D eigenvalue weighted by atomic mass is 9.91. The van der Waals surface area contributed by atoms with Gasteiger partial charge in [0, 0.05) is 31.7 Å². The fourth-order valence-electron chi connectivity index (χ4n) is 3.05. The molecule has 2 aliphatic rings. The van der Waals surface area contributed by atoms with Gasteiger partial charge >= 0.3 is 0 Å². The van der Waals surface area contributed by atoms with Crippen molar-refractivity contribution < 1.29 is 14.6 Å². The Bertz CT molecular complexity index is 488. The van der Waals surface area contributed by atoms with Gasteiger partial charge < -0.3 is 19.9 Å². The molecule has 0 saturated carbocycles. The van der Waals surface area contributed by atoms with Crippen molar-refractivity contribution in [3.8, 4) is 11.5 Å². The molecule has 21 heavy (non-hydrogen) atoms. The maximum absolute atomic E-state index is 9.86. The number of ether oxygens (including phenoxy) is 2. The normalized spacial score (nSPS) is 21.2. The van der Waals surface area contributed by atoms with Gasteiger partial charge in [0.1, 0.15) is 0 Å². The number of rotatable bonds is 5. The summed E-state index contributed by atoms with van der Waals surface area (Å²) in [5.74, 6) is 1.66. The van der Waals surface area contributed by atoms with Gasteiger partial charge in [-0.25, -0.2) is 0 Å². The summed E-state index contributed by atoms with van der Waals surface area (Å²) in [6.45, 7) is 6.66. The zero-order valence-electron chi connectivity index (χ0n) is 12.6. The second-order valence-corrected chi connectivity index (χ2v) is 6.08. The van der Waals surface area contributed by atoms with Gasteiger partial charge in [-0.1, -0.05) is 6.07 Å².